The van der Waals surface area contributed by atoms with Crippen molar-refractivity contribution in [3.05, 3.63) is 51.8 Å². The van der Waals surface area contributed by atoms with Crippen LogP contribution in [0.5, 0.6) is 5.88 Å². The number of rotatable bonds is 5. The Morgan fingerprint density at radius 2 is 2.19 bits per heavy atom. The molecular weight excluding hydrogens is 404 g/mol. The van der Waals surface area contributed by atoms with Crippen LogP contribution in [-0.4, -0.2) is 30.2 Å². The maximum Gasteiger partial charge on any atom is 0.250 e. The molecule has 0 radical (unpaired) electrons. The molecule has 1 rings (SSSR count). The Bertz CT molecular complexity index is 612. The molecule has 0 spiro atoms. The number of aliphatic hydroxyl groups is 1. The van der Waals surface area contributed by atoms with Gasteiger partial charge < -0.3 is 14.7 Å². The molecule has 0 aliphatic heterocycles. The summed E-state index contributed by atoms with van der Waals surface area (Å²) in [6.45, 7) is 3.43. The first-order valence-corrected chi connectivity index (χ1v) is 7.35. The summed E-state index contributed by atoms with van der Waals surface area (Å²) in [7, 11) is 3.08. The van der Waals surface area contributed by atoms with Gasteiger partial charge in [0, 0.05) is 23.8 Å². The smallest absolute Gasteiger partial charge is 0.250 e. The average molecular weight is 418 g/mol. The Morgan fingerprint density at radius 1 is 1.52 bits per heavy atom. The third-order valence-electron chi connectivity index (χ3n) is 2.49. The second kappa shape index (κ2) is 7.99. The first-order chi connectivity index (χ1) is 9.90. The van der Waals surface area contributed by atoms with E-state index in [0.29, 0.717) is 16.0 Å². The molecule has 112 valence electrons. The average Bonchev–Trinajstić information content (AvgIpc) is 2.50. The van der Waals surface area contributed by atoms with Gasteiger partial charge in [-0.05, 0) is 50.1 Å². The molecule has 0 fully saturated rings. The molecule has 1 amide bonds. The van der Waals surface area contributed by atoms with Crippen LogP contribution in [-0.2, 0) is 4.79 Å². The second-order valence-electron chi connectivity index (χ2n) is 3.85. The highest BCUT2D eigenvalue weighted by Gasteiger charge is 2.15. The fraction of sp³-hybridized carbons (Fsp3) is 0.143. The number of nitrogens with zero attached hydrogens (tertiary/aromatic N) is 2. The minimum atomic E-state index is -0.304. The molecule has 0 unspecified atom stereocenters. The molecule has 5 nitrogen and oxygen atoms in total. The van der Waals surface area contributed by atoms with E-state index in [-0.39, 0.29) is 11.7 Å². The van der Waals surface area contributed by atoms with Gasteiger partial charge in [-0.25, -0.2) is 4.98 Å². The van der Waals surface area contributed by atoms with Gasteiger partial charge in [0.25, 0.3) is 5.91 Å². The zero-order valence-corrected chi connectivity index (χ0v) is 14.7. The number of carbonyl (C=O) groups is 1. The number of likely N-dealkylation sites (N-methyl/N-ethyl adjacent to an activating group) is 1. The lowest BCUT2D eigenvalue weighted by Crippen LogP contribution is -2.24. The fourth-order valence-corrected chi connectivity index (χ4v) is 1.98. The van der Waals surface area contributed by atoms with Gasteiger partial charge in [0.15, 0.2) is 0 Å². The Hall–Kier alpha value is -1.60. The number of hydrogen-bond acceptors (Lipinski definition) is 4. The lowest BCUT2D eigenvalue weighted by Gasteiger charge is -2.17. The fourth-order valence-electron chi connectivity index (χ4n) is 1.37. The van der Waals surface area contributed by atoms with E-state index < -0.39 is 0 Å². The molecule has 0 aromatic carbocycles. The predicted octanol–water partition coefficient (Wildman–Crippen LogP) is 3.72. The van der Waals surface area contributed by atoms with Crippen molar-refractivity contribution in [3.63, 3.8) is 0 Å². The molecule has 0 saturated heterocycles. The van der Waals surface area contributed by atoms with Gasteiger partial charge in [0.05, 0.1) is 11.6 Å². The van der Waals surface area contributed by atoms with Crippen LogP contribution >= 0.6 is 31.9 Å². The molecule has 0 saturated carbocycles. The van der Waals surface area contributed by atoms with Crippen molar-refractivity contribution in [2.24, 2.45) is 0 Å². The van der Waals surface area contributed by atoms with E-state index in [2.05, 4.69) is 43.4 Å². The SMILES string of the molecule is C=C/C(O)=C(Br)\C=C\C(=O)N(C)c1cc(Br)cnc1OC. The van der Waals surface area contributed by atoms with Gasteiger partial charge in [-0.15, -0.1) is 0 Å². The zero-order chi connectivity index (χ0) is 16.0. The van der Waals surface area contributed by atoms with Crippen LogP contribution in [0, 0.1) is 0 Å². The number of ether oxygens (including phenoxy) is 1. The van der Waals surface area contributed by atoms with Crippen LogP contribution in [0.25, 0.3) is 0 Å². The van der Waals surface area contributed by atoms with Crippen molar-refractivity contribution in [1.82, 2.24) is 4.98 Å². The number of halogens is 2. The molecule has 7 heteroatoms. The Labute approximate surface area is 139 Å². The van der Waals surface area contributed by atoms with Gasteiger partial charge in [0.1, 0.15) is 11.4 Å². The van der Waals surface area contributed by atoms with Crippen LogP contribution in [0.4, 0.5) is 5.69 Å². The summed E-state index contributed by atoms with van der Waals surface area (Å²) < 4.78 is 6.22. The van der Waals surface area contributed by atoms with E-state index in [1.807, 2.05) is 0 Å². The molecule has 0 atom stereocenters. The number of amides is 1. The highest BCUT2D eigenvalue weighted by Crippen LogP contribution is 2.28. The van der Waals surface area contributed by atoms with Crippen molar-refractivity contribution in [2.75, 3.05) is 19.1 Å². The monoisotopic (exact) mass is 416 g/mol. The Balaban J connectivity index is 3.01. The maximum atomic E-state index is 12.1. The van der Waals surface area contributed by atoms with E-state index >= 15 is 0 Å². The quantitative estimate of drug-likeness (QED) is 0.450. The third kappa shape index (κ3) is 4.71. The van der Waals surface area contributed by atoms with Crippen LogP contribution < -0.4 is 9.64 Å². The Morgan fingerprint density at radius 3 is 2.76 bits per heavy atom. The first-order valence-electron chi connectivity index (χ1n) is 5.77. The Kier molecular flexibility index (Phi) is 6.64. The summed E-state index contributed by atoms with van der Waals surface area (Å²) in [6, 6.07) is 1.73. The van der Waals surface area contributed by atoms with E-state index in [1.165, 1.54) is 30.2 Å². The summed E-state index contributed by atoms with van der Waals surface area (Å²) in [4.78, 5) is 17.6. The summed E-state index contributed by atoms with van der Waals surface area (Å²) in [6.07, 6.45) is 5.60. The molecule has 0 aliphatic carbocycles. The van der Waals surface area contributed by atoms with Gasteiger partial charge in [-0.3, -0.25) is 4.79 Å². The van der Waals surface area contributed by atoms with E-state index in [4.69, 9.17) is 4.74 Å². The molecule has 1 aromatic rings. The van der Waals surface area contributed by atoms with Crippen LogP contribution in [0.1, 0.15) is 0 Å². The molecular formula is C14H14Br2N2O3. The first kappa shape index (κ1) is 17.5. The summed E-state index contributed by atoms with van der Waals surface area (Å²) >= 11 is 6.43. The maximum absolute atomic E-state index is 12.1. The predicted molar refractivity (Wildman–Crippen MR) is 89.8 cm³/mol. The van der Waals surface area contributed by atoms with Crippen LogP contribution in [0.3, 0.4) is 0 Å². The highest BCUT2D eigenvalue weighted by atomic mass is 79.9. The van der Waals surface area contributed by atoms with Crippen molar-refractivity contribution >= 4 is 43.5 Å². The van der Waals surface area contributed by atoms with Crippen molar-refractivity contribution in [2.45, 2.75) is 0 Å². The molecule has 1 aromatic heterocycles. The van der Waals surface area contributed by atoms with E-state index in [9.17, 15) is 9.90 Å². The summed E-state index contributed by atoms with van der Waals surface area (Å²) in [5, 5.41) is 9.42. The second-order valence-corrected chi connectivity index (χ2v) is 5.62. The lowest BCUT2D eigenvalue weighted by molar-refractivity contribution is -0.113. The highest BCUT2D eigenvalue weighted by molar-refractivity contribution is 9.12. The van der Waals surface area contributed by atoms with Gasteiger partial charge in [-0.1, -0.05) is 6.58 Å². The minimum absolute atomic E-state index is 0.0524. The van der Waals surface area contributed by atoms with Crippen LogP contribution in [0.15, 0.2) is 51.8 Å². The number of aromatic nitrogens is 1. The molecule has 0 bridgehead atoms. The van der Waals surface area contributed by atoms with Gasteiger partial charge in [0.2, 0.25) is 5.88 Å². The topological polar surface area (TPSA) is 62.7 Å². The van der Waals surface area contributed by atoms with Crippen molar-refractivity contribution in [3.8, 4) is 5.88 Å². The normalized spacial score (nSPS) is 12.0. The van der Waals surface area contributed by atoms with Crippen molar-refractivity contribution < 1.29 is 14.6 Å². The minimum Gasteiger partial charge on any atom is -0.507 e. The number of aliphatic hydroxyl groups excluding tert-OH is 1. The van der Waals surface area contributed by atoms with Crippen LogP contribution in [0.2, 0.25) is 0 Å². The standard InChI is InChI=1S/C14H14Br2N2O3/c1-4-12(19)10(16)5-6-13(20)18(2)11-7-9(15)8-17-14(11)21-3/h4-8,19H,1H2,2-3H3/b6-5+,12-10-. The zero-order valence-electron chi connectivity index (χ0n) is 11.5. The number of anilines is 1. The largest absolute Gasteiger partial charge is 0.507 e. The van der Waals surface area contributed by atoms with E-state index in [0.717, 1.165) is 4.47 Å². The number of methoxy groups -OCH3 is 1. The van der Waals surface area contributed by atoms with E-state index in [1.54, 1.807) is 19.3 Å². The molecule has 21 heavy (non-hydrogen) atoms. The molecule has 0 aliphatic rings. The molecule has 1 N–H and O–H groups in total. The lowest BCUT2D eigenvalue weighted by atomic mass is 10.3. The number of hydrogen-bond donors (Lipinski definition) is 1. The third-order valence-corrected chi connectivity index (χ3v) is 3.60. The van der Waals surface area contributed by atoms with Gasteiger partial charge in [-0.2, -0.15) is 0 Å². The summed E-state index contributed by atoms with van der Waals surface area (Å²) in [5.41, 5.74) is 0.523. The number of carbonyl (C=O) groups excluding carboxylic acids is 1. The summed E-state index contributed by atoms with van der Waals surface area (Å²) in [5.74, 6) is -0.0172. The number of allylic oxidation sites excluding steroid dienone is 3. The molecule has 1 heterocycles. The van der Waals surface area contributed by atoms with Crippen molar-refractivity contribution in [1.29, 1.82) is 0 Å². The number of pyridine rings is 1. The van der Waals surface area contributed by atoms with Gasteiger partial charge >= 0.3 is 0 Å².